The molecule has 1 fully saturated rings. The molecule has 0 heterocycles. The highest BCUT2D eigenvalue weighted by Crippen LogP contribution is 2.23. The molecule has 0 radical (unpaired) electrons. The summed E-state index contributed by atoms with van der Waals surface area (Å²) in [7, 11) is -3.58. The van der Waals surface area contributed by atoms with E-state index in [4.69, 9.17) is 0 Å². The number of carbonyl (C=O) groups is 2. The molecule has 1 saturated carbocycles. The lowest BCUT2D eigenvalue weighted by molar-refractivity contribution is -0.118. The van der Waals surface area contributed by atoms with Gasteiger partial charge in [-0.15, -0.1) is 0 Å². The van der Waals surface area contributed by atoms with Crippen molar-refractivity contribution in [3.63, 3.8) is 0 Å². The Balaban J connectivity index is 1.67. The Bertz CT molecular complexity index is 1030. The molecule has 9 heteroatoms. The van der Waals surface area contributed by atoms with Crippen molar-refractivity contribution in [2.75, 3.05) is 5.32 Å². The summed E-state index contributed by atoms with van der Waals surface area (Å²) >= 11 is 0. The van der Waals surface area contributed by atoms with Crippen molar-refractivity contribution < 1.29 is 22.4 Å². The van der Waals surface area contributed by atoms with Crippen LogP contribution < -0.4 is 15.4 Å². The van der Waals surface area contributed by atoms with Crippen molar-refractivity contribution in [1.29, 1.82) is 0 Å². The minimum Gasteiger partial charge on any atom is -0.340 e. The fourth-order valence-corrected chi connectivity index (χ4v) is 4.13. The predicted molar refractivity (Wildman–Crippen MR) is 111 cm³/mol. The van der Waals surface area contributed by atoms with Crippen molar-refractivity contribution in [1.82, 2.24) is 10.0 Å². The summed E-state index contributed by atoms with van der Waals surface area (Å²) in [4.78, 5) is 25.2. The highest BCUT2D eigenvalue weighted by atomic mass is 32.2. The quantitative estimate of drug-likeness (QED) is 0.595. The zero-order chi connectivity index (χ0) is 21.9. The zero-order valence-electron chi connectivity index (χ0n) is 16.7. The van der Waals surface area contributed by atoms with E-state index in [9.17, 15) is 22.4 Å². The Hall–Kier alpha value is -2.78. The maximum absolute atomic E-state index is 13.8. The van der Waals surface area contributed by atoms with E-state index in [-0.39, 0.29) is 22.4 Å². The molecule has 1 unspecified atom stereocenters. The Morgan fingerprint density at radius 1 is 1.03 bits per heavy atom. The second-order valence-corrected chi connectivity index (χ2v) is 9.30. The van der Waals surface area contributed by atoms with Gasteiger partial charge in [-0.2, -0.15) is 0 Å². The lowest BCUT2D eigenvalue weighted by atomic mass is 10.0. The fraction of sp³-hybridized carbons (Fsp3) is 0.333. The molecule has 3 rings (SSSR count). The highest BCUT2D eigenvalue weighted by molar-refractivity contribution is 7.89. The van der Waals surface area contributed by atoms with E-state index in [1.165, 1.54) is 48.5 Å². The highest BCUT2D eigenvalue weighted by Gasteiger charge is 2.28. The van der Waals surface area contributed by atoms with Crippen molar-refractivity contribution in [3.8, 4) is 0 Å². The molecule has 1 atom stereocenters. The zero-order valence-corrected chi connectivity index (χ0v) is 17.5. The first kappa shape index (κ1) is 21.9. The molecule has 0 saturated heterocycles. The van der Waals surface area contributed by atoms with Crippen LogP contribution in [0.1, 0.15) is 37.0 Å². The molecule has 2 amide bonds. The van der Waals surface area contributed by atoms with E-state index in [0.29, 0.717) is 5.69 Å². The van der Waals surface area contributed by atoms with E-state index >= 15 is 0 Å². The minimum absolute atomic E-state index is 0.000702. The molecule has 30 heavy (non-hydrogen) atoms. The molecular formula is C21H24FN3O4S. The van der Waals surface area contributed by atoms with Crippen LogP contribution in [-0.2, 0) is 14.8 Å². The van der Waals surface area contributed by atoms with Gasteiger partial charge in [0.2, 0.25) is 15.9 Å². The first-order valence-electron chi connectivity index (χ1n) is 9.66. The third-order valence-corrected chi connectivity index (χ3v) is 6.22. The van der Waals surface area contributed by atoms with E-state index in [0.717, 1.165) is 12.8 Å². The Morgan fingerprint density at radius 3 is 2.23 bits per heavy atom. The van der Waals surface area contributed by atoms with Crippen LogP contribution in [0, 0.1) is 11.7 Å². The van der Waals surface area contributed by atoms with E-state index in [1.54, 1.807) is 13.8 Å². The molecular weight excluding hydrogens is 409 g/mol. The topological polar surface area (TPSA) is 104 Å². The second kappa shape index (κ2) is 8.93. The number of benzene rings is 2. The van der Waals surface area contributed by atoms with Crippen LogP contribution in [0.15, 0.2) is 53.4 Å². The van der Waals surface area contributed by atoms with Gasteiger partial charge in [-0.3, -0.25) is 9.59 Å². The Kier molecular flexibility index (Phi) is 6.52. The van der Waals surface area contributed by atoms with Crippen LogP contribution in [0.2, 0.25) is 0 Å². The summed E-state index contributed by atoms with van der Waals surface area (Å²) in [5.74, 6) is -2.10. The molecule has 0 aliphatic heterocycles. The van der Waals surface area contributed by atoms with Crippen LogP contribution in [0.3, 0.4) is 0 Å². The van der Waals surface area contributed by atoms with Gasteiger partial charge in [-0.25, -0.2) is 17.5 Å². The van der Waals surface area contributed by atoms with E-state index < -0.39 is 33.7 Å². The number of hydrogen-bond donors (Lipinski definition) is 3. The number of halogens is 1. The molecule has 3 N–H and O–H groups in total. The fourth-order valence-electron chi connectivity index (χ4n) is 2.83. The molecule has 2 aromatic rings. The Labute approximate surface area is 175 Å². The molecule has 0 aromatic heterocycles. The molecule has 1 aliphatic rings. The molecule has 2 aromatic carbocycles. The maximum Gasteiger partial charge on any atom is 0.254 e. The summed E-state index contributed by atoms with van der Waals surface area (Å²) in [6.07, 6.45) is 1.67. The number of hydrogen-bond acceptors (Lipinski definition) is 4. The van der Waals surface area contributed by atoms with Gasteiger partial charge >= 0.3 is 0 Å². The van der Waals surface area contributed by atoms with Crippen molar-refractivity contribution in [2.45, 2.75) is 43.7 Å². The third-order valence-electron chi connectivity index (χ3n) is 4.69. The lowest BCUT2D eigenvalue weighted by Gasteiger charge is -2.22. The van der Waals surface area contributed by atoms with Gasteiger partial charge in [-0.1, -0.05) is 26.0 Å². The number of anilines is 1. The molecule has 160 valence electrons. The molecule has 1 aliphatic carbocycles. The predicted octanol–water partition coefficient (Wildman–Crippen LogP) is 2.66. The van der Waals surface area contributed by atoms with Gasteiger partial charge in [0, 0.05) is 11.7 Å². The van der Waals surface area contributed by atoms with Crippen LogP contribution >= 0.6 is 0 Å². The van der Waals surface area contributed by atoms with Gasteiger partial charge in [-0.05, 0) is 55.2 Å². The number of nitrogens with one attached hydrogen (secondary N) is 3. The SMILES string of the molecule is CC(C)C(NC(=O)c1ccccc1F)C(=O)Nc1ccc(S(=O)(=O)NC2CC2)cc1. The number of sulfonamides is 1. The molecule has 0 bridgehead atoms. The summed E-state index contributed by atoms with van der Waals surface area (Å²) < 4.78 is 40.9. The van der Waals surface area contributed by atoms with E-state index in [1.807, 2.05) is 0 Å². The van der Waals surface area contributed by atoms with Gasteiger partial charge in [0.05, 0.1) is 10.5 Å². The van der Waals surface area contributed by atoms with Gasteiger partial charge in [0.1, 0.15) is 11.9 Å². The maximum atomic E-state index is 13.8. The summed E-state index contributed by atoms with van der Waals surface area (Å²) in [5, 5.41) is 5.22. The van der Waals surface area contributed by atoms with E-state index in [2.05, 4.69) is 15.4 Å². The summed E-state index contributed by atoms with van der Waals surface area (Å²) in [6, 6.07) is 10.4. The average molecular weight is 434 g/mol. The number of carbonyl (C=O) groups excluding carboxylic acids is 2. The standard InChI is InChI=1S/C21H24FN3O4S/c1-13(2)19(24-20(26)17-5-3-4-6-18(17)22)21(27)23-14-9-11-16(12-10-14)30(28,29)25-15-7-8-15/h3-6,9-13,15,19,25H,7-8H2,1-2H3,(H,23,27)(H,24,26). The minimum atomic E-state index is -3.58. The lowest BCUT2D eigenvalue weighted by Crippen LogP contribution is -2.47. The van der Waals surface area contributed by atoms with Crippen molar-refractivity contribution >= 4 is 27.5 Å². The normalized spacial score (nSPS) is 14.9. The number of rotatable bonds is 8. The largest absolute Gasteiger partial charge is 0.340 e. The van der Waals surface area contributed by atoms with Crippen LogP contribution in [0.25, 0.3) is 0 Å². The molecule has 7 nitrogen and oxygen atoms in total. The molecule has 0 spiro atoms. The van der Waals surface area contributed by atoms with Gasteiger partial charge < -0.3 is 10.6 Å². The summed E-state index contributed by atoms with van der Waals surface area (Å²) in [5.41, 5.74) is 0.241. The van der Waals surface area contributed by atoms with Crippen molar-refractivity contribution in [2.24, 2.45) is 5.92 Å². The van der Waals surface area contributed by atoms with Crippen LogP contribution in [0.5, 0.6) is 0 Å². The average Bonchev–Trinajstić information content (AvgIpc) is 3.49. The van der Waals surface area contributed by atoms with Gasteiger partial charge in [0.25, 0.3) is 5.91 Å². The summed E-state index contributed by atoms with van der Waals surface area (Å²) in [6.45, 7) is 3.51. The van der Waals surface area contributed by atoms with Crippen LogP contribution in [0.4, 0.5) is 10.1 Å². The monoisotopic (exact) mass is 433 g/mol. The first-order valence-corrected chi connectivity index (χ1v) is 11.1. The Morgan fingerprint density at radius 2 is 1.67 bits per heavy atom. The van der Waals surface area contributed by atoms with Crippen LogP contribution in [-0.4, -0.2) is 32.3 Å². The first-order chi connectivity index (χ1) is 14.2. The number of amides is 2. The van der Waals surface area contributed by atoms with Crippen molar-refractivity contribution in [3.05, 3.63) is 59.9 Å². The third kappa shape index (κ3) is 5.43. The smallest absolute Gasteiger partial charge is 0.254 e. The second-order valence-electron chi connectivity index (χ2n) is 7.58. The van der Waals surface area contributed by atoms with Gasteiger partial charge in [0.15, 0.2) is 0 Å².